The number of hydrogen-bond donors (Lipinski definition) is 0. The Morgan fingerprint density at radius 3 is 2.58 bits per heavy atom. The molecule has 0 aromatic carbocycles. The summed E-state index contributed by atoms with van der Waals surface area (Å²) in [6.45, 7) is 9.19. The first-order valence-corrected chi connectivity index (χ1v) is 5.47. The molecule has 1 aliphatic heterocycles. The van der Waals surface area contributed by atoms with Gasteiger partial charge in [0.2, 0.25) is 0 Å². The van der Waals surface area contributed by atoms with Crippen molar-refractivity contribution < 1.29 is 0 Å². The maximum absolute atomic E-state index is 6.06. The summed E-state index contributed by atoms with van der Waals surface area (Å²) < 4.78 is 0. The van der Waals surface area contributed by atoms with Gasteiger partial charge in [-0.3, -0.25) is 4.90 Å². The number of nitrogens with zero attached hydrogens (tertiary/aromatic N) is 1. The van der Waals surface area contributed by atoms with Crippen LogP contribution in [-0.2, 0) is 0 Å². The fraction of sp³-hybridized carbons (Fsp3) is 1.00. The van der Waals surface area contributed by atoms with Crippen LogP contribution in [0.15, 0.2) is 0 Å². The Labute approximate surface area is 81.1 Å². The minimum Gasteiger partial charge on any atom is -0.299 e. The summed E-state index contributed by atoms with van der Waals surface area (Å²) in [6.07, 6.45) is 2.44. The average Bonchev–Trinajstić information content (AvgIpc) is 2.49. The summed E-state index contributed by atoms with van der Waals surface area (Å²) in [5.41, 5.74) is 0. The molecule has 0 radical (unpaired) electrons. The molecule has 1 nitrogen and oxygen atoms in total. The summed E-state index contributed by atoms with van der Waals surface area (Å²) >= 11 is 6.06. The summed E-state index contributed by atoms with van der Waals surface area (Å²) in [7, 11) is 0. The largest absolute Gasteiger partial charge is 0.299 e. The van der Waals surface area contributed by atoms with Gasteiger partial charge in [0, 0.05) is 18.0 Å². The lowest BCUT2D eigenvalue weighted by Crippen LogP contribution is -2.35. The highest BCUT2D eigenvalue weighted by atomic mass is 35.5. The van der Waals surface area contributed by atoms with Crippen molar-refractivity contribution in [1.82, 2.24) is 4.90 Å². The van der Waals surface area contributed by atoms with Crippen LogP contribution >= 0.6 is 11.6 Å². The number of rotatable bonds is 3. The Morgan fingerprint density at radius 1 is 1.50 bits per heavy atom. The van der Waals surface area contributed by atoms with Crippen molar-refractivity contribution in [2.24, 2.45) is 5.92 Å². The standard InChI is InChI=1S/C10H20ClN/c1-4-8(2)9(3)12-6-5-10(11)7-12/h8-10H,4-7H2,1-3H3. The quantitative estimate of drug-likeness (QED) is 0.618. The van der Waals surface area contributed by atoms with Crippen molar-refractivity contribution in [2.45, 2.75) is 45.0 Å². The van der Waals surface area contributed by atoms with Crippen LogP contribution < -0.4 is 0 Å². The van der Waals surface area contributed by atoms with E-state index in [4.69, 9.17) is 11.6 Å². The van der Waals surface area contributed by atoms with Gasteiger partial charge in [0.15, 0.2) is 0 Å². The molecule has 0 saturated carbocycles. The lowest BCUT2D eigenvalue weighted by molar-refractivity contribution is 0.196. The normalized spacial score (nSPS) is 30.5. The Hall–Kier alpha value is 0.250. The van der Waals surface area contributed by atoms with Gasteiger partial charge in [-0.25, -0.2) is 0 Å². The smallest absolute Gasteiger partial charge is 0.0475 e. The van der Waals surface area contributed by atoms with Gasteiger partial charge in [-0.1, -0.05) is 20.3 Å². The van der Waals surface area contributed by atoms with Crippen LogP contribution in [0.2, 0.25) is 0 Å². The number of alkyl halides is 1. The van der Waals surface area contributed by atoms with Gasteiger partial charge in [0.25, 0.3) is 0 Å². The molecule has 0 amide bonds. The third-order valence-corrected chi connectivity index (χ3v) is 3.56. The van der Waals surface area contributed by atoms with E-state index in [2.05, 4.69) is 25.7 Å². The van der Waals surface area contributed by atoms with E-state index in [9.17, 15) is 0 Å². The number of halogens is 1. The van der Waals surface area contributed by atoms with E-state index in [1.165, 1.54) is 19.4 Å². The van der Waals surface area contributed by atoms with Gasteiger partial charge in [-0.15, -0.1) is 11.6 Å². The first-order chi connectivity index (χ1) is 5.65. The van der Waals surface area contributed by atoms with Crippen molar-refractivity contribution in [3.63, 3.8) is 0 Å². The van der Waals surface area contributed by atoms with E-state index in [-0.39, 0.29) is 0 Å². The van der Waals surface area contributed by atoms with Crippen molar-refractivity contribution in [1.29, 1.82) is 0 Å². The molecule has 3 unspecified atom stereocenters. The highest BCUT2D eigenvalue weighted by Gasteiger charge is 2.26. The Morgan fingerprint density at radius 2 is 2.17 bits per heavy atom. The molecular weight excluding hydrogens is 170 g/mol. The third-order valence-electron chi connectivity index (χ3n) is 3.21. The van der Waals surface area contributed by atoms with Crippen molar-refractivity contribution in [3.8, 4) is 0 Å². The monoisotopic (exact) mass is 189 g/mol. The second-order valence-electron chi connectivity index (χ2n) is 4.01. The Kier molecular flexibility index (Phi) is 3.85. The van der Waals surface area contributed by atoms with E-state index < -0.39 is 0 Å². The highest BCUT2D eigenvalue weighted by Crippen LogP contribution is 2.22. The molecule has 0 bridgehead atoms. The predicted molar refractivity (Wildman–Crippen MR) is 54.7 cm³/mol. The van der Waals surface area contributed by atoms with Crippen LogP contribution in [0.25, 0.3) is 0 Å². The summed E-state index contributed by atoms with van der Waals surface area (Å²) in [6, 6.07) is 0.707. The Balaban J connectivity index is 2.37. The summed E-state index contributed by atoms with van der Waals surface area (Å²) in [4.78, 5) is 2.52. The van der Waals surface area contributed by atoms with Crippen LogP contribution in [0, 0.1) is 5.92 Å². The maximum Gasteiger partial charge on any atom is 0.0475 e. The van der Waals surface area contributed by atoms with Gasteiger partial charge < -0.3 is 0 Å². The zero-order chi connectivity index (χ0) is 9.14. The van der Waals surface area contributed by atoms with E-state index in [0.717, 1.165) is 12.5 Å². The maximum atomic E-state index is 6.06. The van der Waals surface area contributed by atoms with Gasteiger partial charge in [0.05, 0.1) is 0 Å². The van der Waals surface area contributed by atoms with Gasteiger partial charge >= 0.3 is 0 Å². The molecule has 0 aromatic rings. The molecule has 1 heterocycles. The van der Waals surface area contributed by atoms with Crippen LogP contribution in [0.3, 0.4) is 0 Å². The van der Waals surface area contributed by atoms with Crippen LogP contribution in [0.4, 0.5) is 0 Å². The molecule has 0 N–H and O–H groups in total. The molecule has 0 aromatic heterocycles. The van der Waals surface area contributed by atoms with E-state index in [1.54, 1.807) is 0 Å². The lowest BCUT2D eigenvalue weighted by atomic mass is 10.00. The summed E-state index contributed by atoms with van der Waals surface area (Å²) in [5.74, 6) is 0.798. The number of hydrogen-bond acceptors (Lipinski definition) is 1. The number of likely N-dealkylation sites (tertiary alicyclic amines) is 1. The summed E-state index contributed by atoms with van der Waals surface area (Å²) in [5, 5.41) is 0.400. The first-order valence-electron chi connectivity index (χ1n) is 5.03. The fourth-order valence-corrected chi connectivity index (χ4v) is 2.09. The molecule has 12 heavy (non-hydrogen) atoms. The molecule has 3 atom stereocenters. The molecule has 0 aliphatic carbocycles. The molecule has 1 aliphatic rings. The molecule has 72 valence electrons. The van der Waals surface area contributed by atoms with Crippen molar-refractivity contribution in [2.75, 3.05) is 13.1 Å². The zero-order valence-electron chi connectivity index (χ0n) is 8.39. The van der Waals surface area contributed by atoms with Crippen molar-refractivity contribution >= 4 is 11.6 Å². The SMILES string of the molecule is CCC(C)C(C)N1CCC(Cl)C1. The van der Waals surface area contributed by atoms with E-state index >= 15 is 0 Å². The predicted octanol–water partition coefficient (Wildman–Crippen LogP) is 2.73. The van der Waals surface area contributed by atoms with Crippen molar-refractivity contribution in [3.05, 3.63) is 0 Å². The fourth-order valence-electron chi connectivity index (χ4n) is 1.81. The topological polar surface area (TPSA) is 3.24 Å². The zero-order valence-corrected chi connectivity index (χ0v) is 9.14. The molecular formula is C10H20ClN. The van der Waals surface area contributed by atoms with E-state index in [0.29, 0.717) is 11.4 Å². The molecule has 2 heteroatoms. The second-order valence-corrected chi connectivity index (χ2v) is 4.62. The first kappa shape index (κ1) is 10.3. The third kappa shape index (κ3) is 2.37. The van der Waals surface area contributed by atoms with Gasteiger partial charge in [-0.05, 0) is 25.8 Å². The second kappa shape index (κ2) is 4.48. The molecule has 1 rings (SSSR count). The molecule has 0 spiro atoms. The average molecular weight is 190 g/mol. The van der Waals surface area contributed by atoms with E-state index in [1.807, 2.05) is 0 Å². The minimum absolute atomic E-state index is 0.400. The lowest BCUT2D eigenvalue weighted by Gasteiger charge is -2.28. The van der Waals surface area contributed by atoms with Crippen LogP contribution in [0.1, 0.15) is 33.6 Å². The van der Waals surface area contributed by atoms with Gasteiger partial charge in [0.1, 0.15) is 0 Å². The Bertz CT molecular complexity index is 138. The molecule has 1 saturated heterocycles. The van der Waals surface area contributed by atoms with Gasteiger partial charge in [-0.2, -0.15) is 0 Å². The minimum atomic E-state index is 0.400. The molecule has 1 fully saturated rings. The van der Waals surface area contributed by atoms with Crippen LogP contribution in [-0.4, -0.2) is 29.4 Å². The van der Waals surface area contributed by atoms with Crippen LogP contribution in [0.5, 0.6) is 0 Å². The highest BCUT2D eigenvalue weighted by molar-refractivity contribution is 6.20.